The number of carboxylic acids is 1. The van der Waals surface area contributed by atoms with Gasteiger partial charge in [-0.05, 0) is 0 Å². The lowest BCUT2D eigenvalue weighted by atomic mass is 10.5. The maximum atomic E-state index is 10.6. The van der Waals surface area contributed by atoms with E-state index in [2.05, 4.69) is 19.9 Å². The van der Waals surface area contributed by atoms with Crippen molar-refractivity contribution < 1.29 is 23.1 Å². The summed E-state index contributed by atoms with van der Waals surface area (Å²) in [4.78, 5) is 24.6. The Bertz CT molecular complexity index is 452. The molecule has 0 aliphatic heterocycles. The van der Waals surface area contributed by atoms with Crippen LogP contribution in [0.25, 0.3) is 11.2 Å². The van der Waals surface area contributed by atoms with Crippen LogP contribution in [0.4, 0.5) is 13.2 Å². The highest BCUT2D eigenvalue weighted by Gasteiger charge is 2.38. The fourth-order valence-corrected chi connectivity index (χ4v) is 0.724. The highest BCUT2D eigenvalue weighted by molar-refractivity contribution is 5.73. The van der Waals surface area contributed by atoms with Crippen LogP contribution in [0.1, 0.15) is 0 Å². The number of halogens is 3. The fourth-order valence-electron chi connectivity index (χ4n) is 0.724. The summed E-state index contributed by atoms with van der Waals surface area (Å²) >= 11 is 0. The Labute approximate surface area is 92.2 Å². The molecule has 0 aliphatic rings. The first-order valence-electron chi connectivity index (χ1n) is 4.08. The molecule has 0 bridgehead atoms. The second-order valence-corrected chi connectivity index (χ2v) is 2.59. The highest BCUT2D eigenvalue weighted by atomic mass is 19.4. The van der Waals surface area contributed by atoms with Gasteiger partial charge in [0.25, 0.3) is 0 Å². The fraction of sp³-hybridized carbons (Fsp3) is 0.125. The summed E-state index contributed by atoms with van der Waals surface area (Å²) in [6.45, 7) is 0. The molecule has 0 atom stereocenters. The average Bonchev–Trinajstić information content (AvgIpc) is 2.29. The van der Waals surface area contributed by atoms with E-state index < -0.39 is 12.1 Å². The number of alkyl halides is 3. The Morgan fingerprint density at radius 1 is 1.18 bits per heavy atom. The first kappa shape index (κ1) is 12.7. The van der Waals surface area contributed by atoms with Crippen LogP contribution in [-0.4, -0.2) is 37.2 Å². The summed E-state index contributed by atoms with van der Waals surface area (Å²) in [6, 6.07) is 0. The normalized spacial score (nSPS) is 10.5. The number of hydrogen-bond donors (Lipinski definition) is 1. The zero-order valence-corrected chi connectivity index (χ0v) is 8.09. The summed E-state index contributed by atoms with van der Waals surface area (Å²) in [5, 5.41) is 7.12. The lowest BCUT2D eigenvalue weighted by Crippen LogP contribution is -2.21. The third-order valence-electron chi connectivity index (χ3n) is 1.39. The van der Waals surface area contributed by atoms with Gasteiger partial charge in [-0.15, -0.1) is 0 Å². The van der Waals surface area contributed by atoms with E-state index in [9.17, 15) is 13.2 Å². The van der Waals surface area contributed by atoms with Gasteiger partial charge < -0.3 is 5.11 Å². The van der Waals surface area contributed by atoms with Gasteiger partial charge in [0.1, 0.15) is 11.8 Å². The lowest BCUT2D eigenvalue weighted by molar-refractivity contribution is -0.192. The number of rotatable bonds is 0. The van der Waals surface area contributed by atoms with Crippen LogP contribution in [-0.2, 0) is 4.79 Å². The van der Waals surface area contributed by atoms with Crippen molar-refractivity contribution in [2.45, 2.75) is 6.18 Å². The second-order valence-electron chi connectivity index (χ2n) is 2.59. The van der Waals surface area contributed by atoms with Crippen LogP contribution in [0, 0.1) is 0 Å². The molecule has 17 heavy (non-hydrogen) atoms. The monoisotopic (exact) mass is 246 g/mol. The summed E-state index contributed by atoms with van der Waals surface area (Å²) in [5.41, 5.74) is 1.36. The molecule has 0 saturated carbocycles. The minimum absolute atomic E-state index is 0.637. The Morgan fingerprint density at radius 2 is 1.76 bits per heavy atom. The minimum atomic E-state index is -5.08. The largest absolute Gasteiger partial charge is 0.490 e. The van der Waals surface area contributed by atoms with Gasteiger partial charge in [0.15, 0.2) is 5.65 Å². The van der Waals surface area contributed by atoms with Gasteiger partial charge in [-0.3, -0.25) is 0 Å². The van der Waals surface area contributed by atoms with Crippen molar-refractivity contribution in [3.05, 3.63) is 24.9 Å². The first-order chi connectivity index (χ1) is 7.91. The van der Waals surface area contributed by atoms with Gasteiger partial charge >= 0.3 is 12.1 Å². The third kappa shape index (κ3) is 3.97. The Balaban J connectivity index is 0.000000185. The van der Waals surface area contributed by atoms with E-state index in [-0.39, 0.29) is 0 Å². The number of carbonyl (C=O) groups is 1. The van der Waals surface area contributed by atoms with Crippen molar-refractivity contribution in [1.29, 1.82) is 0 Å². The van der Waals surface area contributed by atoms with Crippen LogP contribution in [0.5, 0.6) is 0 Å². The number of carboxylic acid groups (broad SMARTS) is 1. The maximum Gasteiger partial charge on any atom is 0.490 e. The number of hydrogen-bond acceptors (Lipinski definition) is 5. The molecule has 0 aliphatic carbocycles. The summed E-state index contributed by atoms with van der Waals surface area (Å²) < 4.78 is 31.7. The molecule has 2 aromatic heterocycles. The molecule has 0 radical (unpaired) electrons. The predicted molar refractivity (Wildman–Crippen MR) is 48.8 cm³/mol. The molecular weight excluding hydrogens is 241 g/mol. The van der Waals surface area contributed by atoms with E-state index >= 15 is 0 Å². The van der Waals surface area contributed by atoms with Gasteiger partial charge in [-0.1, -0.05) is 0 Å². The Morgan fingerprint density at radius 3 is 2.29 bits per heavy atom. The molecule has 0 aromatic carbocycles. The average molecular weight is 246 g/mol. The quantitative estimate of drug-likeness (QED) is 0.747. The van der Waals surface area contributed by atoms with Crippen LogP contribution < -0.4 is 0 Å². The van der Waals surface area contributed by atoms with E-state index in [1.165, 1.54) is 6.33 Å². The van der Waals surface area contributed by atoms with Gasteiger partial charge in [0.05, 0.1) is 6.20 Å². The van der Waals surface area contributed by atoms with Crippen molar-refractivity contribution >= 4 is 17.1 Å². The highest BCUT2D eigenvalue weighted by Crippen LogP contribution is 2.13. The molecule has 6 nitrogen and oxygen atoms in total. The molecule has 90 valence electrons. The number of aromatic nitrogens is 4. The minimum Gasteiger partial charge on any atom is -0.475 e. The van der Waals surface area contributed by atoms with Gasteiger partial charge in [-0.2, -0.15) is 13.2 Å². The lowest BCUT2D eigenvalue weighted by Gasteiger charge is -1.93. The van der Waals surface area contributed by atoms with Crippen molar-refractivity contribution in [1.82, 2.24) is 19.9 Å². The van der Waals surface area contributed by atoms with Crippen LogP contribution in [0.3, 0.4) is 0 Å². The number of nitrogens with zero attached hydrogens (tertiary/aromatic N) is 4. The molecule has 0 saturated heterocycles. The van der Waals surface area contributed by atoms with E-state index in [0.29, 0.717) is 5.65 Å². The molecule has 0 fully saturated rings. The van der Waals surface area contributed by atoms with E-state index in [1.54, 1.807) is 18.6 Å². The molecule has 0 spiro atoms. The SMILES string of the molecule is O=C(O)C(F)(F)F.c1cnc2ncncc2n1. The van der Waals surface area contributed by atoms with E-state index in [4.69, 9.17) is 9.90 Å². The predicted octanol–water partition coefficient (Wildman–Crippen LogP) is 1.05. The molecule has 2 heterocycles. The van der Waals surface area contributed by atoms with Crippen molar-refractivity contribution in [3.8, 4) is 0 Å². The molecular formula is C8H5F3N4O2. The maximum absolute atomic E-state index is 10.6. The van der Waals surface area contributed by atoms with Gasteiger partial charge in [0, 0.05) is 12.4 Å². The second kappa shape index (κ2) is 5.14. The topological polar surface area (TPSA) is 88.9 Å². The summed E-state index contributed by atoms with van der Waals surface area (Å²) in [6.07, 6.45) is 1.23. The van der Waals surface area contributed by atoms with E-state index in [1.807, 2.05) is 0 Å². The van der Waals surface area contributed by atoms with E-state index in [0.717, 1.165) is 5.52 Å². The van der Waals surface area contributed by atoms with Crippen LogP contribution in [0.15, 0.2) is 24.9 Å². The van der Waals surface area contributed by atoms with Crippen molar-refractivity contribution in [2.75, 3.05) is 0 Å². The van der Waals surface area contributed by atoms with Gasteiger partial charge in [-0.25, -0.2) is 24.7 Å². The number of aliphatic carboxylic acids is 1. The zero-order valence-electron chi connectivity index (χ0n) is 8.09. The van der Waals surface area contributed by atoms with Gasteiger partial charge in [0.2, 0.25) is 0 Å². The molecule has 0 unspecified atom stereocenters. The zero-order chi connectivity index (χ0) is 12.9. The molecule has 2 aromatic rings. The third-order valence-corrected chi connectivity index (χ3v) is 1.39. The molecule has 0 amide bonds. The Hall–Kier alpha value is -2.32. The molecule has 9 heteroatoms. The van der Waals surface area contributed by atoms with Crippen molar-refractivity contribution in [2.24, 2.45) is 0 Å². The smallest absolute Gasteiger partial charge is 0.475 e. The Kier molecular flexibility index (Phi) is 3.86. The first-order valence-corrected chi connectivity index (χ1v) is 4.08. The summed E-state index contributed by atoms with van der Waals surface area (Å²) in [5.74, 6) is -2.76. The number of fused-ring (bicyclic) bond motifs is 1. The van der Waals surface area contributed by atoms with Crippen molar-refractivity contribution in [3.63, 3.8) is 0 Å². The molecule has 2 rings (SSSR count). The standard InChI is InChI=1S/C6H4N4.C2HF3O2/c1-2-9-6-5(8-1)3-7-4-10-6;3-2(4,5)1(6)7/h1-4H;(H,6,7). The molecule has 1 N–H and O–H groups in total. The summed E-state index contributed by atoms with van der Waals surface area (Å²) in [7, 11) is 0. The van der Waals surface area contributed by atoms with Crippen LogP contribution in [0.2, 0.25) is 0 Å². The van der Waals surface area contributed by atoms with Crippen LogP contribution >= 0.6 is 0 Å².